The predicted octanol–water partition coefficient (Wildman–Crippen LogP) is 6.09. The molecule has 0 aromatic heterocycles. The first-order valence-electron chi connectivity index (χ1n) is 8.17. The fourth-order valence-corrected chi connectivity index (χ4v) is 4.03. The summed E-state index contributed by atoms with van der Waals surface area (Å²) in [6.07, 6.45) is 14.1. The van der Waals surface area contributed by atoms with Crippen molar-refractivity contribution >= 4 is 22.4 Å². The summed E-state index contributed by atoms with van der Waals surface area (Å²) in [6, 6.07) is 15.2. The maximum Gasteiger partial charge on any atom is 0.0772 e. The highest BCUT2D eigenvalue weighted by Gasteiger charge is 2.34. The number of benzene rings is 2. The third-order valence-corrected chi connectivity index (χ3v) is 5.38. The molecule has 0 amide bonds. The molecule has 0 fully saturated rings. The summed E-state index contributed by atoms with van der Waals surface area (Å²) in [4.78, 5) is 0. The average Bonchev–Trinajstić information content (AvgIpc) is 2.90. The third kappa shape index (κ3) is 2.29. The first-order chi connectivity index (χ1) is 11.2. The molecular weight excluding hydrogens is 300 g/mol. The first kappa shape index (κ1) is 14.5. The number of hydrogen-bond acceptors (Lipinski definition) is 0. The Kier molecular flexibility index (Phi) is 3.50. The van der Waals surface area contributed by atoms with Gasteiger partial charge in [0.15, 0.2) is 0 Å². The number of alkyl halides is 1. The van der Waals surface area contributed by atoms with E-state index < -0.39 is 0 Å². The quantitative estimate of drug-likeness (QED) is 0.588. The van der Waals surface area contributed by atoms with Crippen LogP contribution in [0.5, 0.6) is 0 Å². The van der Waals surface area contributed by atoms with Crippen LogP contribution in [0.3, 0.4) is 0 Å². The Bertz CT molecular complexity index is 876. The van der Waals surface area contributed by atoms with Crippen LogP contribution in [-0.2, 0) is 5.41 Å². The molecule has 114 valence electrons. The Hall–Kier alpha value is -2.05. The minimum Gasteiger partial charge on any atom is -0.113 e. The van der Waals surface area contributed by atoms with Crippen molar-refractivity contribution in [2.45, 2.75) is 24.1 Å². The molecule has 2 atom stereocenters. The summed E-state index contributed by atoms with van der Waals surface area (Å²) < 4.78 is 0. The van der Waals surface area contributed by atoms with E-state index in [0.717, 1.165) is 6.42 Å². The molecule has 0 N–H and O–H groups in total. The second-order valence-corrected chi connectivity index (χ2v) is 6.74. The fourth-order valence-electron chi connectivity index (χ4n) is 3.75. The van der Waals surface area contributed by atoms with Gasteiger partial charge in [-0.3, -0.25) is 0 Å². The van der Waals surface area contributed by atoms with Crippen molar-refractivity contribution in [2.24, 2.45) is 0 Å². The maximum absolute atomic E-state index is 6.58. The van der Waals surface area contributed by atoms with Crippen molar-refractivity contribution in [1.82, 2.24) is 0 Å². The zero-order valence-electron chi connectivity index (χ0n) is 13.2. The molecule has 0 saturated heterocycles. The van der Waals surface area contributed by atoms with Crippen LogP contribution in [0, 0.1) is 0 Å². The van der Waals surface area contributed by atoms with Gasteiger partial charge in [0.25, 0.3) is 0 Å². The normalized spacial score (nSPS) is 25.9. The third-order valence-electron chi connectivity index (χ3n) is 5.00. The average molecular weight is 319 g/mol. The zero-order chi connectivity index (χ0) is 15.9. The summed E-state index contributed by atoms with van der Waals surface area (Å²) in [7, 11) is 0. The van der Waals surface area contributed by atoms with Crippen LogP contribution in [0.15, 0.2) is 90.1 Å². The Balaban J connectivity index is 1.96. The lowest BCUT2D eigenvalue weighted by atomic mass is 9.77. The lowest BCUT2D eigenvalue weighted by molar-refractivity contribution is 0.654. The molecule has 0 saturated carbocycles. The van der Waals surface area contributed by atoms with E-state index in [0.29, 0.717) is 0 Å². The molecule has 0 aliphatic heterocycles. The highest BCUT2D eigenvalue weighted by Crippen LogP contribution is 2.45. The Morgan fingerprint density at radius 1 is 1.00 bits per heavy atom. The van der Waals surface area contributed by atoms with E-state index >= 15 is 0 Å². The van der Waals surface area contributed by atoms with Gasteiger partial charge in [-0.15, -0.1) is 11.6 Å². The van der Waals surface area contributed by atoms with Gasteiger partial charge in [-0.05, 0) is 33.9 Å². The number of allylic oxidation sites excluding steroid dienone is 8. The topological polar surface area (TPSA) is 0 Å². The lowest BCUT2D eigenvalue weighted by Gasteiger charge is -2.26. The SMILES string of the molecule is CCC1(c2cccc3ccccc23)C=C2C=CC=CC(Cl)C2=C1. The first-order valence-corrected chi connectivity index (χ1v) is 8.60. The minimum absolute atomic E-state index is 0.0559. The summed E-state index contributed by atoms with van der Waals surface area (Å²) in [5, 5.41) is 2.56. The van der Waals surface area contributed by atoms with Crippen molar-refractivity contribution in [1.29, 1.82) is 0 Å². The molecule has 4 rings (SSSR count). The van der Waals surface area contributed by atoms with Crippen molar-refractivity contribution in [2.75, 3.05) is 0 Å². The molecule has 0 radical (unpaired) electrons. The molecule has 0 bridgehead atoms. The number of fused-ring (bicyclic) bond motifs is 2. The van der Waals surface area contributed by atoms with Gasteiger partial charge in [0.2, 0.25) is 0 Å². The number of halogens is 1. The van der Waals surface area contributed by atoms with Crippen LogP contribution in [0.25, 0.3) is 10.8 Å². The van der Waals surface area contributed by atoms with E-state index in [2.05, 4.69) is 79.8 Å². The van der Waals surface area contributed by atoms with E-state index in [9.17, 15) is 0 Å². The smallest absolute Gasteiger partial charge is 0.0772 e. The zero-order valence-corrected chi connectivity index (χ0v) is 13.9. The molecule has 23 heavy (non-hydrogen) atoms. The van der Waals surface area contributed by atoms with Gasteiger partial charge in [0.05, 0.1) is 5.38 Å². The van der Waals surface area contributed by atoms with Gasteiger partial charge in [0.1, 0.15) is 0 Å². The maximum atomic E-state index is 6.58. The standard InChI is InChI=1S/C22H19Cl/c1-2-22(14-17-9-4-6-13-21(23)19(17)15-22)20-12-7-10-16-8-3-5-11-18(16)20/h3-15,21H,2H2,1H3. The van der Waals surface area contributed by atoms with Crippen molar-refractivity contribution in [3.05, 3.63) is 95.6 Å². The van der Waals surface area contributed by atoms with Crippen LogP contribution < -0.4 is 0 Å². The van der Waals surface area contributed by atoms with Crippen molar-refractivity contribution in [3.63, 3.8) is 0 Å². The van der Waals surface area contributed by atoms with Crippen LogP contribution in [0.1, 0.15) is 18.9 Å². The highest BCUT2D eigenvalue weighted by atomic mass is 35.5. The fraction of sp³-hybridized carbons (Fsp3) is 0.182. The molecule has 0 nitrogen and oxygen atoms in total. The minimum atomic E-state index is -0.0752. The highest BCUT2D eigenvalue weighted by molar-refractivity contribution is 6.24. The largest absolute Gasteiger partial charge is 0.113 e. The summed E-state index contributed by atoms with van der Waals surface area (Å²) in [5.41, 5.74) is 3.78. The number of hydrogen-bond donors (Lipinski definition) is 0. The van der Waals surface area contributed by atoms with Gasteiger partial charge in [-0.2, -0.15) is 0 Å². The molecule has 0 spiro atoms. The molecule has 2 aliphatic carbocycles. The molecule has 2 unspecified atom stereocenters. The van der Waals surface area contributed by atoms with Crippen LogP contribution in [-0.4, -0.2) is 5.38 Å². The molecule has 1 heteroatoms. The van der Waals surface area contributed by atoms with Crippen LogP contribution in [0.4, 0.5) is 0 Å². The summed E-state index contributed by atoms with van der Waals surface area (Å²) in [6.45, 7) is 2.25. The van der Waals surface area contributed by atoms with E-state index in [1.807, 2.05) is 6.08 Å². The Morgan fingerprint density at radius 3 is 2.70 bits per heavy atom. The summed E-state index contributed by atoms with van der Waals surface area (Å²) >= 11 is 6.58. The summed E-state index contributed by atoms with van der Waals surface area (Å²) in [5.74, 6) is 0. The van der Waals surface area contributed by atoms with Gasteiger partial charge in [-0.25, -0.2) is 0 Å². The lowest BCUT2D eigenvalue weighted by Crippen LogP contribution is -2.18. The molecule has 2 aromatic carbocycles. The van der Waals surface area contributed by atoms with E-state index in [1.165, 1.54) is 27.5 Å². The predicted molar refractivity (Wildman–Crippen MR) is 100 cm³/mol. The van der Waals surface area contributed by atoms with Gasteiger partial charge in [0, 0.05) is 5.41 Å². The monoisotopic (exact) mass is 318 g/mol. The number of rotatable bonds is 2. The van der Waals surface area contributed by atoms with Crippen molar-refractivity contribution in [3.8, 4) is 0 Å². The molecule has 2 aromatic rings. The Morgan fingerprint density at radius 2 is 1.83 bits per heavy atom. The van der Waals surface area contributed by atoms with Crippen molar-refractivity contribution < 1.29 is 0 Å². The van der Waals surface area contributed by atoms with Gasteiger partial charge in [-0.1, -0.05) is 85.8 Å². The second-order valence-electron chi connectivity index (χ2n) is 6.27. The second kappa shape index (κ2) is 5.54. The molecule has 2 aliphatic rings. The molecular formula is C22H19Cl. The van der Waals surface area contributed by atoms with E-state index in [4.69, 9.17) is 11.6 Å². The van der Waals surface area contributed by atoms with Gasteiger partial charge >= 0.3 is 0 Å². The molecule has 0 heterocycles. The Labute approximate surface area is 142 Å². The van der Waals surface area contributed by atoms with E-state index in [1.54, 1.807) is 0 Å². The van der Waals surface area contributed by atoms with E-state index in [-0.39, 0.29) is 10.8 Å². The van der Waals surface area contributed by atoms with Crippen LogP contribution >= 0.6 is 11.6 Å². The van der Waals surface area contributed by atoms with Gasteiger partial charge < -0.3 is 0 Å². The van der Waals surface area contributed by atoms with Crippen LogP contribution in [0.2, 0.25) is 0 Å².